The van der Waals surface area contributed by atoms with Crippen molar-refractivity contribution in [2.75, 3.05) is 25.0 Å². The molecule has 0 bridgehead atoms. The Balaban J connectivity index is 1.53. The SMILES string of the molecule is CN1c2ccc(F)cc2C(=O)NC12CCN(C(=O)c1ccc(Br)cc1)CC2. The highest BCUT2D eigenvalue weighted by Crippen LogP contribution is 2.36. The van der Waals surface area contributed by atoms with Gasteiger partial charge >= 0.3 is 0 Å². The first-order chi connectivity index (χ1) is 12.9. The molecule has 0 atom stereocenters. The minimum atomic E-state index is -0.557. The zero-order valence-corrected chi connectivity index (χ0v) is 16.4. The van der Waals surface area contributed by atoms with Crippen LogP contribution in [0.15, 0.2) is 46.9 Å². The molecule has 5 nitrogen and oxygen atoms in total. The lowest BCUT2D eigenvalue weighted by Crippen LogP contribution is -2.67. The summed E-state index contributed by atoms with van der Waals surface area (Å²) in [5.74, 6) is -0.705. The molecule has 0 unspecified atom stereocenters. The maximum atomic E-state index is 13.5. The van der Waals surface area contributed by atoms with Gasteiger partial charge < -0.3 is 15.1 Å². The number of benzene rings is 2. The van der Waals surface area contributed by atoms with Gasteiger partial charge in [0.25, 0.3) is 11.8 Å². The lowest BCUT2D eigenvalue weighted by Gasteiger charge is -2.51. The Labute approximate surface area is 165 Å². The number of halogens is 2. The number of rotatable bonds is 1. The van der Waals surface area contributed by atoms with E-state index < -0.39 is 11.5 Å². The average molecular weight is 432 g/mol. The number of hydrogen-bond donors (Lipinski definition) is 1. The Kier molecular flexibility index (Phi) is 4.42. The van der Waals surface area contributed by atoms with Gasteiger partial charge in [-0.15, -0.1) is 0 Å². The summed E-state index contributed by atoms with van der Waals surface area (Å²) in [5, 5.41) is 3.05. The number of likely N-dealkylation sites (tertiary alicyclic amines) is 1. The second kappa shape index (κ2) is 6.64. The van der Waals surface area contributed by atoms with Crippen molar-refractivity contribution in [3.05, 3.63) is 63.9 Å². The monoisotopic (exact) mass is 431 g/mol. The maximum absolute atomic E-state index is 13.5. The van der Waals surface area contributed by atoms with Crippen molar-refractivity contribution in [2.24, 2.45) is 0 Å². The number of piperidine rings is 1. The van der Waals surface area contributed by atoms with Crippen LogP contribution < -0.4 is 10.2 Å². The number of amides is 2. The van der Waals surface area contributed by atoms with Crippen molar-refractivity contribution in [3.8, 4) is 0 Å². The zero-order valence-electron chi connectivity index (χ0n) is 14.8. The molecule has 2 amide bonds. The minimum Gasteiger partial charge on any atom is -0.351 e. The molecule has 0 aliphatic carbocycles. The Morgan fingerprint density at radius 3 is 2.48 bits per heavy atom. The molecule has 27 heavy (non-hydrogen) atoms. The normalized spacial score (nSPS) is 18.3. The van der Waals surface area contributed by atoms with Crippen molar-refractivity contribution in [2.45, 2.75) is 18.5 Å². The van der Waals surface area contributed by atoms with Gasteiger partial charge in [0.1, 0.15) is 11.5 Å². The van der Waals surface area contributed by atoms with Crippen LogP contribution in [-0.4, -0.2) is 42.5 Å². The molecule has 2 aliphatic heterocycles. The van der Waals surface area contributed by atoms with Crippen molar-refractivity contribution in [3.63, 3.8) is 0 Å². The molecular weight excluding hydrogens is 413 g/mol. The van der Waals surface area contributed by atoms with Crippen LogP contribution in [0.5, 0.6) is 0 Å². The Morgan fingerprint density at radius 1 is 1.15 bits per heavy atom. The van der Waals surface area contributed by atoms with Crippen LogP contribution in [0.25, 0.3) is 0 Å². The molecule has 2 aromatic carbocycles. The van der Waals surface area contributed by atoms with Crippen LogP contribution in [0.1, 0.15) is 33.6 Å². The summed E-state index contributed by atoms with van der Waals surface area (Å²) in [6.45, 7) is 1.08. The van der Waals surface area contributed by atoms with Crippen molar-refractivity contribution < 1.29 is 14.0 Å². The molecule has 0 saturated carbocycles. The number of nitrogens with zero attached hydrogens (tertiary/aromatic N) is 2. The number of anilines is 1. The van der Waals surface area contributed by atoms with Crippen LogP contribution in [0.2, 0.25) is 0 Å². The van der Waals surface area contributed by atoms with Crippen LogP contribution in [0, 0.1) is 5.82 Å². The van der Waals surface area contributed by atoms with Crippen LogP contribution in [0.3, 0.4) is 0 Å². The first-order valence-corrected chi connectivity index (χ1v) is 9.60. The molecule has 1 fully saturated rings. The second-order valence-electron chi connectivity index (χ2n) is 7.01. The van der Waals surface area contributed by atoms with Gasteiger partial charge in [-0.25, -0.2) is 4.39 Å². The van der Waals surface area contributed by atoms with E-state index in [1.807, 2.05) is 29.0 Å². The van der Waals surface area contributed by atoms with E-state index in [0.29, 0.717) is 42.7 Å². The summed E-state index contributed by atoms with van der Waals surface area (Å²) in [7, 11) is 1.91. The highest BCUT2D eigenvalue weighted by atomic mass is 79.9. The van der Waals surface area contributed by atoms with Gasteiger partial charge in [0.05, 0.1) is 11.3 Å². The number of carbonyl (C=O) groups excluding carboxylic acids is 2. The molecule has 1 saturated heterocycles. The molecule has 1 N–H and O–H groups in total. The average Bonchev–Trinajstić information content (AvgIpc) is 2.67. The standard InChI is InChI=1S/C20H19BrFN3O2/c1-24-17-7-6-15(22)12-16(17)18(26)23-20(24)8-10-25(11-9-20)19(27)13-2-4-14(21)5-3-13/h2-7,12H,8-11H2,1H3,(H,23,26). The van der Waals surface area contributed by atoms with Gasteiger partial charge in [0.2, 0.25) is 0 Å². The molecule has 2 heterocycles. The molecule has 140 valence electrons. The smallest absolute Gasteiger partial charge is 0.255 e. The third kappa shape index (κ3) is 3.10. The van der Waals surface area contributed by atoms with Gasteiger partial charge in [-0.1, -0.05) is 15.9 Å². The molecule has 2 aliphatic rings. The van der Waals surface area contributed by atoms with E-state index >= 15 is 0 Å². The summed E-state index contributed by atoms with van der Waals surface area (Å²) in [5.41, 5.74) is 1.15. The number of nitrogens with one attached hydrogen (secondary N) is 1. The van der Waals surface area contributed by atoms with Gasteiger partial charge in [-0.3, -0.25) is 9.59 Å². The topological polar surface area (TPSA) is 52.7 Å². The summed E-state index contributed by atoms with van der Waals surface area (Å²) >= 11 is 3.37. The van der Waals surface area contributed by atoms with Crippen molar-refractivity contribution >= 4 is 33.4 Å². The van der Waals surface area contributed by atoms with Crippen LogP contribution >= 0.6 is 15.9 Å². The van der Waals surface area contributed by atoms with Crippen LogP contribution in [-0.2, 0) is 0 Å². The van der Waals surface area contributed by atoms with E-state index in [2.05, 4.69) is 21.2 Å². The summed E-state index contributed by atoms with van der Waals surface area (Å²) < 4.78 is 14.4. The largest absolute Gasteiger partial charge is 0.351 e. The quantitative estimate of drug-likeness (QED) is 0.752. The molecule has 2 aromatic rings. The Morgan fingerprint density at radius 2 is 1.81 bits per heavy atom. The minimum absolute atomic E-state index is 0.00962. The van der Waals surface area contributed by atoms with Gasteiger partial charge in [0, 0.05) is 43.0 Å². The second-order valence-corrected chi connectivity index (χ2v) is 7.92. The molecule has 4 rings (SSSR count). The lowest BCUT2D eigenvalue weighted by molar-refractivity contribution is 0.0609. The van der Waals surface area contributed by atoms with Crippen molar-refractivity contribution in [1.29, 1.82) is 0 Å². The number of carbonyl (C=O) groups is 2. The van der Waals surface area contributed by atoms with E-state index in [0.717, 1.165) is 4.47 Å². The Bertz CT molecular complexity index is 908. The summed E-state index contributed by atoms with van der Waals surface area (Å²) in [6, 6.07) is 11.6. The fourth-order valence-electron chi connectivity index (χ4n) is 3.89. The molecule has 1 spiro atoms. The third-order valence-corrected chi connectivity index (χ3v) is 6.05. The van der Waals surface area contributed by atoms with E-state index in [1.165, 1.54) is 12.1 Å². The lowest BCUT2D eigenvalue weighted by atomic mass is 9.90. The van der Waals surface area contributed by atoms with E-state index in [-0.39, 0.29) is 11.8 Å². The highest BCUT2D eigenvalue weighted by molar-refractivity contribution is 9.10. The predicted molar refractivity (Wildman–Crippen MR) is 104 cm³/mol. The fourth-order valence-corrected chi connectivity index (χ4v) is 4.16. The van der Waals surface area contributed by atoms with Crippen molar-refractivity contribution in [1.82, 2.24) is 10.2 Å². The zero-order chi connectivity index (χ0) is 19.2. The highest BCUT2D eigenvalue weighted by Gasteiger charge is 2.44. The molecule has 7 heteroatoms. The van der Waals surface area contributed by atoms with Gasteiger partial charge in [-0.2, -0.15) is 0 Å². The Hall–Kier alpha value is -2.41. The van der Waals surface area contributed by atoms with Crippen LogP contribution in [0.4, 0.5) is 10.1 Å². The van der Waals surface area contributed by atoms with Gasteiger partial charge in [0.15, 0.2) is 0 Å². The first kappa shape index (κ1) is 18.0. The third-order valence-electron chi connectivity index (χ3n) is 5.52. The van der Waals surface area contributed by atoms with E-state index in [9.17, 15) is 14.0 Å². The number of hydrogen-bond acceptors (Lipinski definition) is 3. The van der Waals surface area contributed by atoms with E-state index in [4.69, 9.17) is 0 Å². The van der Waals surface area contributed by atoms with E-state index in [1.54, 1.807) is 18.2 Å². The number of fused-ring (bicyclic) bond motifs is 1. The van der Waals surface area contributed by atoms with Gasteiger partial charge in [-0.05, 0) is 42.5 Å². The maximum Gasteiger partial charge on any atom is 0.255 e. The summed E-state index contributed by atoms with van der Waals surface area (Å²) in [4.78, 5) is 29.1. The molecular formula is C20H19BrFN3O2. The summed E-state index contributed by atoms with van der Waals surface area (Å²) in [6.07, 6.45) is 1.21. The molecule has 0 aromatic heterocycles. The first-order valence-electron chi connectivity index (χ1n) is 8.80. The molecule has 0 radical (unpaired) electrons. The fraction of sp³-hybridized carbons (Fsp3) is 0.300. The predicted octanol–water partition coefficient (Wildman–Crippen LogP) is 3.40.